The van der Waals surface area contributed by atoms with Crippen molar-refractivity contribution in [2.24, 2.45) is 0 Å². The number of aliphatic hydroxyl groups is 2. The van der Waals surface area contributed by atoms with Crippen LogP contribution in [0.15, 0.2) is 54.0 Å². The second-order valence-electron chi connectivity index (χ2n) is 5.82. The molecule has 0 radical (unpaired) electrons. The molecule has 0 saturated carbocycles. The summed E-state index contributed by atoms with van der Waals surface area (Å²) in [6.45, 7) is 4.08. The first-order valence-electron chi connectivity index (χ1n) is 9.21. The number of esters is 1. The van der Waals surface area contributed by atoms with E-state index in [0.717, 1.165) is 25.7 Å². The Morgan fingerprint density at radius 2 is 1.48 bits per heavy atom. The minimum atomic E-state index is -1.24. The largest absolute Gasteiger partial charge is 0.502 e. The van der Waals surface area contributed by atoms with E-state index in [1.54, 1.807) is 24.3 Å². The average Bonchev–Trinajstić information content (AvgIpc) is 2.66. The first-order chi connectivity index (χ1) is 12.9. The van der Waals surface area contributed by atoms with Gasteiger partial charge >= 0.3 is 11.9 Å². The SMILES string of the molecule is CCCC=C(O)C(=O)Oc1ccccc1.CCCCCCC=C(O)C(=O)O. The van der Waals surface area contributed by atoms with E-state index in [1.165, 1.54) is 18.6 Å². The number of rotatable bonds is 10. The lowest BCUT2D eigenvalue weighted by atomic mass is 10.1. The standard InChI is InChI=1S/C12H14O3.C9H16O3/c1-2-3-9-11(13)12(14)15-10-7-5-4-6-8-10;1-2-3-4-5-6-7-8(10)9(11)12/h4-9,13H,2-3H2,1H3;7,10H,2-6H2,1H3,(H,11,12). The van der Waals surface area contributed by atoms with Gasteiger partial charge in [-0.3, -0.25) is 0 Å². The van der Waals surface area contributed by atoms with Crippen LogP contribution in [-0.2, 0) is 9.59 Å². The van der Waals surface area contributed by atoms with E-state index < -0.39 is 17.7 Å². The molecule has 0 unspecified atom stereocenters. The number of allylic oxidation sites excluding steroid dienone is 2. The Bertz CT molecular complexity index is 604. The number of carbonyl (C=O) groups is 2. The maximum Gasteiger partial charge on any atom is 0.378 e. The highest BCUT2D eigenvalue weighted by Gasteiger charge is 2.09. The van der Waals surface area contributed by atoms with E-state index in [-0.39, 0.29) is 5.76 Å². The van der Waals surface area contributed by atoms with Gasteiger partial charge in [-0.1, -0.05) is 57.7 Å². The first kappa shape index (κ1) is 24.2. The fraction of sp³-hybridized carbons (Fsp3) is 0.429. The maximum atomic E-state index is 11.3. The smallest absolute Gasteiger partial charge is 0.378 e. The predicted molar refractivity (Wildman–Crippen MR) is 105 cm³/mol. The number of benzene rings is 1. The van der Waals surface area contributed by atoms with E-state index in [1.807, 2.05) is 13.0 Å². The van der Waals surface area contributed by atoms with Crippen LogP contribution in [0.2, 0.25) is 0 Å². The van der Waals surface area contributed by atoms with Crippen molar-refractivity contribution >= 4 is 11.9 Å². The highest BCUT2D eigenvalue weighted by Crippen LogP contribution is 2.10. The normalized spacial score (nSPS) is 11.3. The van der Waals surface area contributed by atoms with Crippen LogP contribution in [-0.4, -0.2) is 27.3 Å². The molecule has 0 amide bonds. The van der Waals surface area contributed by atoms with Crippen molar-refractivity contribution in [3.63, 3.8) is 0 Å². The Hall–Kier alpha value is -2.76. The zero-order chi connectivity index (χ0) is 20.5. The van der Waals surface area contributed by atoms with Gasteiger partial charge in [0.2, 0.25) is 0 Å². The maximum absolute atomic E-state index is 11.3. The molecule has 0 heterocycles. The number of para-hydroxylation sites is 1. The third-order valence-corrected chi connectivity index (χ3v) is 3.40. The summed E-state index contributed by atoms with van der Waals surface area (Å²) in [5.74, 6) is -2.40. The molecule has 6 nitrogen and oxygen atoms in total. The first-order valence-corrected chi connectivity index (χ1v) is 9.21. The van der Waals surface area contributed by atoms with Crippen LogP contribution < -0.4 is 4.74 Å². The number of carboxylic acid groups (broad SMARTS) is 1. The zero-order valence-electron chi connectivity index (χ0n) is 16.1. The Morgan fingerprint density at radius 3 is 2.04 bits per heavy atom. The minimum Gasteiger partial charge on any atom is -0.502 e. The molecule has 0 spiro atoms. The van der Waals surface area contributed by atoms with Gasteiger partial charge in [-0.05, 0) is 43.5 Å². The van der Waals surface area contributed by atoms with Gasteiger partial charge in [0, 0.05) is 0 Å². The van der Waals surface area contributed by atoms with Crippen molar-refractivity contribution in [2.45, 2.75) is 58.8 Å². The quantitative estimate of drug-likeness (QED) is 0.167. The van der Waals surface area contributed by atoms with Crippen molar-refractivity contribution < 1.29 is 29.6 Å². The molecule has 0 aliphatic carbocycles. The molecular formula is C21H30O6. The van der Waals surface area contributed by atoms with Gasteiger partial charge in [-0.15, -0.1) is 0 Å². The monoisotopic (exact) mass is 378 g/mol. The summed E-state index contributed by atoms with van der Waals surface area (Å²) in [6, 6.07) is 8.66. The van der Waals surface area contributed by atoms with E-state index in [0.29, 0.717) is 18.6 Å². The van der Waals surface area contributed by atoms with Crippen LogP contribution in [0, 0.1) is 0 Å². The summed E-state index contributed by atoms with van der Waals surface area (Å²) in [4.78, 5) is 21.4. The molecule has 150 valence electrons. The van der Waals surface area contributed by atoms with Crippen molar-refractivity contribution in [1.82, 2.24) is 0 Å². The summed E-state index contributed by atoms with van der Waals surface area (Å²) in [5, 5.41) is 26.3. The number of aliphatic carboxylic acids is 1. The van der Waals surface area contributed by atoms with Crippen LogP contribution in [0.5, 0.6) is 5.75 Å². The van der Waals surface area contributed by atoms with Crippen molar-refractivity contribution in [1.29, 1.82) is 0 Å². The molecule has 6 heteroatoms. The third-order valence-electron chi connectivity index (χ3n) is 3.40. The third kappa shape index (κ3) is 13.1. The number of hydrogen-bond donors (Lipinski definition) is 3. The molecule has 0 aliphatic heterocycles. The number of aliphatic hydroxyl groups excluding tert-OH is 2. The van der Waals surface area contributed by atoms with Gasteiger partial charge in [-0.25, -0.2) is 9.59 Å². The molecule has 27 heavy (non-hydrogen) atoms. The van der Waals surface area contributed by atoms with Gasteiger partial charge in [0.1, 0.15) is 5.75 Å². The molecule has 0 fully saturated rings. The Balaban J connectivity index is 0.000000516. The predicted octanol–water partition coefficient (Wildman–Crippen LogP) is 5.32. The molecular weight excluding hydrogens is 348 g/mol. The summed E-state index contributed by atoms with van der Waals surface area (Å²) in [7, 11) is 0. The lowest BCUT2D eigenvalue weighted by molar-refractivity contribution is -0.135. The van der Waals surface area contributed by atoms with Gasteiger partial charge in [-0.2, -0.15) is 0 Å². The summed E-state index contributed by atoms with van der Waals surface area (Å²) in [5.41, 5.74) is 0. The summed E-state index contributed by atoms with van der Waals surface area (Å²) in [6.07, 6.45) is 9.39. The van der Waals surface area contributed by atoms with Gasteiger partial charge in [0.05, 0.1) is 0 Å². The minimum absolute atomic E-state index is 0.333. The highest BCUT2D eigenvalue weighted by molar-refractivity contribution is 5.87. The number of unbranched alkanes of at least 4 members (excludes halogenated alkanes) is 5. The number of ether oxygens (including phenoxy) is 1. The molecule has 0 aromatic heterocycles. The molecule has 1 aromatic rings. The summed E-state index contributed by atoms with van der Waals surface area (Å²) >= 11 is 0. The lowest BCUT2D eigenvalue weighted by Gasteiger charge is -2.02. The molecule has 0 atom stereocenters. The van der Waals surface area contributed by atoms with Gasteiger partial charge in [0.25, 0.3) is 0 Å². The highest BCUT2D eigenvalue weighted by atomic mass is 16.5. The fourth-order valence-electron chi connectivity index (χ4n) is 1.91. The molecule has 0 saturated heterocycles. The second kappa shape index (κ2) is 15.5. The Kier molecular flexibility index (Phi) is 13.9. The second-order valence-corrected chi connectivity index (χ2v) is 5.82. The Morgan fingerprint density at radius 1 is 0.852 bits per heavy atom. The molecule has 1 aromatic carbocycles. The lowest BCUT2D eigenvalue weighted by Crippen LogP contribution is -2.10. The van der Waals surface area contributed by atoms with Crippen molar-refractivity contribution in [3.05, 3.63) is 54.0 Å². The van der Waals surface area contributed by atoms with Crippen LogP contribution in [0.3, 0.4) is 0 Å². The van der Waals surface area contributed by atoms with E-state index in [2.05, 4.69) is 6.92 Å². The zero-order valence-corrected chi connectivity index (χ0v) is 16.1. The van der Waals surface area contributed by atoms with Gasteiger partial charge < -0.3 is 20.1 Å². The molecule has 1 rings (SSSR count). The van der Waals surface area contributed by atoms with Gasteiger partial charge in [0.15, 0.2) is 11.5 Å². The van der Waals surface area contributed by atoms with Crippen molar-refractivity contribution in [2.75, 3.05) is 0 Å². The van der Waals surface area contributed by atoms with Crippen LogP contribution in [0.1, 0.15) is 58.8 Å². The number of carbonyl (C=O) groups excluding carboxylic acids is 1. The van der Waals surface area contributed by atoms with Crippen molar-refractivity contribution in [3.8, 4) is 5.75 Å². The van der Waals surface area contributed by atoms with E-state index >= 15 is 0 Å². The molecule has 0 aliphatic rings. The molecule has 3 N–H and O–H groups in total. The van der Waals surface area contributed by atoms with Crippen LogP contribution in [0.25, 0.3) is 0 Å². The van der Waals surface area contributed by atoms with E-state index in [9.17, 15) is 14.7 Å². The topological polar surface area (TPSA) is 104 Å². The number of hydrogen-bond acceptors (Lipinski definition) is 5. The van der Waals surface area contributed by atoms with Crippen LogP contribution >= 0.6 is 0 Å². The Labute approximate surface area is 160 Å². The number of carboxylic acids is 1. The fourth-order valence-corrected chi connectivity index (χ4v) is 1.91. The summed E-state index contributed by atoms with van der Waals surface area (Å²) < 4.78 is 4.92. The van der Waals surface area contributed by atoms with E-state index in [4.69, 9.17) is 14.9 Å². The van der Waals surface area contributed by atoms with Crippen LogP contribution in [0.4, 0.5) is 0 Å². The average molecular weight is 378 g/mol. The molecule has 0 bridgehead atoms.